The van der Waals surface area contributed by atoms with E-state index in [4.69, 9.17) is 27.9 Å². The molecule has 0 unspecified atom stereocenters. The Morgan fingerprint density at radius 2 is 2.12 bits per heavy atom. The first kappa shape index (κ1) is 16.9. The van der Waals surface area contributed by atoms with Gasteiger partial charge in [-0.3, -0.25) is 4.79 Å². The molecule has 9 heteroatoms. The van der Waals surface area contributed by atoms with Gasteiger partial charge in [-0.15, -0.1) is 0 Å². The third-order valence-electron chi connectivity index (χ3n) is 3.14. The van der Waals surface area contributed by atoms with Crippen LogP contribution in [0.4, 0.5) is 0 Å². The van der Waals surface area contributed by atoms with Crippen molar-refractivity contribution in [3.8, 4) is 0 Å². The number of hydrogen-bond donors (Lipinski definition) is 0. The van der Waals surface area contributed by atoms with E-state index in [0.717, 1.165) is 5.01 Å². The number of esters is 1. The standard InChI is InChI=1S/C15H11Cl2N3O3S/c1-2-12-19-20-13(21)6-9(18-15(20)24-12)7-23-14(22)10-4-3-8(16)5-11(10)17/h3-6H,2,7H2,1H3. The second-order valence-corrected chi connectivity index (χ2v) is 6.71. The molecule has 0 saturated carbocycles. The fraction of sp³-hybridized carbons (Fsp3) is 0.200. The van der Waals surface area contributed by atoms with Crippen LogP contribution in [0.1, 0.15) is 28.0 Å². The summed E-state index contributed by atoms with van der Waals surface area (Å²) < 4.78 is 6.42. The van der Waals surface area contributed by atoms with Crippen molar-refractivity contribution in [3.63, 3.8) is 0 Å². The van der Waals surface area contributed by atoms with Gasteiger partial charge >= 0.3 is 5.97 Å². The van der Waals surface area contributed by atoms with Crippen LogP contribution in [0.3, 0.4) is 0 Å². The van der Waals surface area contributed by atoms with Crippen LogP contribution in [0.15, 0.2) is 29.1 Å². The summed E-state index contributed by atoms with van der Waals surface area (Å²) >= 11 is 13.1. The zero-order chi connectivity index (χ0) is 17.3. The van der Waals surface area contributed by atoms with Gasteiger partial charge in [0.25, 0.3) is 5.56 Å². The molecule has 1 aromatic carbocycles. The first-order chi connectivity index (χ1) is 11.5. The molecule has 0 bridgehead atoms. The molecule has 0 saturated heterocycles. The van der Waals surface area contributed by atoms with Gasteiger partial charge in [0.15, 0.2) is 0 Å². The second-order valence-electron chi connectivity index (χ2n) is 4.83. The van der Waals surface area contributed by atoms with Crippen LogP contribution in [0.2, 0.25) is 10.0 Å². The van der Waals surface area contributed by atoms with E-state index in [0.29, 0.717) is 22.1 Å². The van der Waals surface area contributed by atoms with Gasteiger partial charge in [0, 0.05) is 11.1 Å². The molecule has 0 N–H and O–H groups in total. The largest absolute Gasteiger partial charge is 0.456 e. The second kappa shape index (κ2) is 6.88. The Labute approximate surface area is 150 Å². The zero-order valence-corrected chi connectivity index (χ0v) is 14.8. The van der Waals surface area contributed by atoms with Crippen LogP contribution < -0.4 is 5.56 Å². The molecule has 2 heterocycles. The van der Waals surface area contributed by atoms with E-state index >= 15 is 0 Å². The predicted molar refractivity (Wildman–Crippen MR) is 92.1 cm³/mol. The Kier molecular flexibility index (Phi) is 4.84. The van der Waals surface area contributed by atoms with E-state index < -0.39 is 5.97 Å². The predicted octanol–water partition coefficient (Wildman–Crippen LogP) is 3.38. The highest BCUT2D eigenvalue weighted by Crippen LogP contribution is 2.22. The van der Waals surface area contributed by atoms with E-state index in [1.807, 2.05) is 6.92 Å². The summed E-state index contributed by atoms with van der Waals surface area (Å²) in [5, 5.41) is 5.59. The van der Waals surface area contributed by atoms with Crippen LogP contribution in [-0.2, 0) is 17.8 Å². The number of rotatable bonds is 4. The molecule has 0 spiro atoms. The maximum atomic E-state index is 12.1. The van der Waals surface area contributed by atoms with E-state index in [9.17, 15) is 9.59 Å². The lowest BCUT2D eigenvalue weighted by Crippen LogP contribution is -2.16. The summed E-state index contributed by atoms with van der Waals surface area (Å²) in [6, 6.07) is 5.78. The molecular weight excluding hydrogens is 373 g/mol. The van der Waals surface area contributed by atoms with E-state index in [2.05, 4.69) is 10.1 Å². The first-order valence-corrected chi connectivity index (χ1v) is 8.56. The third-order valence-corrected chi connectivity index (χ3v) is 4.75. The van der Waals surface area contributed by atoms with Gasteiger partial charge in [-0.2, -0.15) is 9.61 Å². The molecule has 0 fully saturated rings. The minimum atomic E-state index is -0.614. The van der Waals surface area contributed by atoms with Gasteiger partial charge < -0.3 is 4.74 Å². The lowest BCUT2D eigenvalue weighted by molar-refractivity contribution is 0.0468. The summed E-state index contributed by atoms with van der Waals surface area (Å²) in [5.41, 5.74) is 0.237. The molecule has 24 heavy (non-hydrogen) atoms. The number of hydrogen-bond acceptors (Lipinski definition) is 6. The number of fused-ring (bicyclic) bond motifs is 1. The monoisotopic (exact) mass is 383 g/mol. The summed E-state index contributed by atoms with van der Waals surface area (Å²) in [6.45, 7) is 1.81. The Balaban J connectivity index is 1.80. The summed E-state index contributed by atoms with van der Waals surface area (Å²) in [7, 11) is 0. The van der Waals surface area contributed by atoms with Crippen molar-refractivity contribution in [2.45, 2.75) is 20.0 Å². The van der Waals surface area contributed by atoms with Gasteiger partial charge in [0.1, 0.15) is 11.6 Å². The molecule has 6 nitrogen and oxygen atoms in total. The Bertz CT molecular complexity index is 984. The van der Waals surface area contributed by atoms with Gasteiger partial charge in [0.2, 0.25) is 4.96 Å². The molecule has 0 aliphatic heterocycles. The summed E-state index contributed by atoms with van der Waals surface area (Å²) in [5.74, 6) is -0.614. The van der Waals surface area contributed by atoms with Crippen LogP contribution in [-0.4, -0.2) is 20.6 Å². The Morgan fingerprint density at radius 3 is 2.83 bits per heavy atom. The highest BCUT2D eigenvalue weighted by molar-refractivity contribution is 7.16. The molecule has 3 aromatic rings. The normalized spacial score (nSPS) is 11.0. The zero-order valence-electron chi connectivity index (χ0n) is 12.5. The number of aryl methyl sites for hydroxylation is 1. The fourth-order valence-electron chi connectivity index (χ4n) is 1.98. The van der Waals surface area contributed by atoms with E-state index in [-0.39, 0.29) is 22.8 Å². The van der Waals surface area contributed by atoms with Crippen LogP contribution in [0.5, 0.6) is 0 Å². The summed E-state index contributed by atoms with van der Waals surface area (Å²) in [4.78, 5) is 28.9. The molecule has 0 aliphatic carbocycles. The molecule has 0 atom stereocenters. The van der Waals surface area contributed by atoms with Gasteiger partial charge in [-0.05, 0) is 24.6 Å². The number of aromatic nitrogens is 3. The first-order valence-electron chi connectivity index (χ1n) is 6.98. The average Bonchev–Trinajstić information content (AvgIpc) is 2.96. The minimum Gasteiger partial charge on any atom is -0.456 e. The number of halogens is 2. The SMILES string of the molecule is CCc1nn2c(=O)cc(COC(=O)c3ccc(Cl)cc3Cl)nc2s1. The topological polar surface area (TPSA) is 73.6 Å². The molecule has 0 radical (unpaired) electrons. The van der Waals surface area contributed by atoms with Crippen molar-refractivity contribution < 1.29 is 9.53 Å². The van der Waals surface area contributed by atoms with Crippen LogP contribution in [0.25, 0.3) is 4.96 Å². The van der Waals surface area contributed by atoms with Gasteiger partial charge in [-0.25, -0.2) is 9.78 Å². The molecule has 0 amide bonds. The van der Waals surface area contributed by atoms with Crippen molar-refractivity contribution in [2.24, 2.45) is 0 Å². The van der Waals surface area contributed by atoms with Crippen molar-refractivity contribution in [1.29, 1.82) is 0 Å². The number of ether oxygens (including phenoxy) is 1. The van der Waals surface area contributed by atoms with Crippen molar-refractivity contribution in [1.82, 2.24) is 14.6 Å². The number of carbonyl (C=O) groups is 1. The lowest BCUT2D eigenvalue weighted by atomic mass is 10.2. The molecule has 0 aliphatic rings. The molecule has 124 valence electrons. The Hall–Kier alpha value is -1.96. The molecular formula is C15H11Cl2N3O3S. The highest BCUT2D eigenvalue weighted by Gasteiger charge is 2.14. The highest BCUT2D eigenvalue weighted by atomic mass is 35.5. The number of carbonyl (C=O) groups excluding carboxylic acids is 1. The van der Waals surface area contributed by atoms with Gasteiger partial charge in [-0.1, -0.05) is 41.5 Å². The van der Waals surface area contributed by atoms with Crippen molar-refractivity contribution in [2.75, 3.05) is 0 Å². The average molecular weight is 384 g/mol. The minimum absolute atomic E-state index is 0.136. The van der Waals surface area contributed by atoms with E-state index in [1.54, 1.807) is 6.07 Å². The lowest BCUT2D eigenvalue weighted by Gasteiger charge is -2.06. The van der Waals surface area contributed by atoms with Crippen molar-refractivity contribution >= 4 is 45.5 Å². The molecule has 3 rings (SSSR count). The number of nitrogens with zero attached hydrogens (tertiary/aromatic N) is 3. The fourth-order valence-corrected chi connectivity index (χ4v) is 3.33. The van der Waals surface area contributed by atoms with Crippen LogP contribution >= 0.6 is 34.5 Å². The van der Waals surface area contributed by atoms with Crippen molar-refractivity contribution in [3.05, 3.63) is 60.9 Å². The smallest absolute Gasteiger partial charge is 0.340 e. The third kappa shape index (κ3) is 3.43. The van der Waals surface area contributed by atoms with E-state index in [1.165, 1.54) is 34.1 Å². The van der Waals surface area contributed by atoms with Crippen LogP contribution in [0, 0.1) is 0 Å². The maximum absolute atomic E-state index is 12.1. The summed E-state index contributed by atoms with van der Waals surface area (Å²) in [6.07, 6.45) is 0.715. The maximum Gasteiger partial charge on any atom is 0.340 e. The molecule has 2 aromatic heterocycles. The number of benzene rings is 1. The quantitative estimate of drug-likeness (QED) is 0.645. The van der Waals surface area contributed by atoms with Gasteiger partial charge in [0.05, 0.1) is 16.3 Å². The Morgan fingerprint density at radius 1 is 1.33 bits per heavy atom.